The number of carboxylic acids is 1. The van der Waals surface area contributed by atoms with Crippen molar-refractivity contribution in [2.24, 2.45) is 17.3 Å². The quantitative estimate of drug-likeness (QED) is 0.314. The third-order valence-electron chi connectivity index (χ3n) is 10.2. The first-order chi connectivity index (χ1) is 19.5. The van der Waals surface area contributed by atoms with E-state index in [9.17, 15) is 9.90 Å². The summed E-state index contributed by atoms with van der Waals surface area (Å²) < 4.78 is 57.4. The van der Waals surface area contributed by atoms with Gasteiger partial charge in [0.05, 0.1) is 13.0 Å². The van der Waals surface area contributed by atoms with Crippen LogP contribution >= 0.6 is 0 Å². The fourth-order valence-electron chi connectivity index (χ4n) is 7.90. The van der Waals surface area contributed by atoms with Gasteiger partial charge in [-0.3, -0.25) is 4.79 Å². The third kappa shape index (κ3) is 4.31. The molecule has 0 radical (unpaired) electrons. The van der Waals surface area contributed by atoms with Crippen molar-refractivity contribution in [1.82, 2.24) is 0 Å². The second-order valence-corrected chi connectivity index (χ2v) is 12.7. The van der Waals surface area contributed by atoms with Crippen LogP contribution in [0.25, 0.3) is 11.1 Å². The lowest BCUT2D eigenvalue weighted by Gasteiger charge is -2.30. The number of hydrogen-bond donors (Lipinski definition) is 1. The summed E-state index contributed by atoms with van der Waals surface area (Å²) in [5.74, 6) is -3.01. The lowest BCUT2D eigenvalue weighted by Crippen LogP contribution is -2.17. The average molecular weight is 565 g/mol. The van der Waals surface area contributed by atoms with Gasteiger partial charge in [-0.15, -0.1) is 0 Å². The van der Waals surface area contributed by atoms with Crippen LogP contribution in [0, 0.1) is 34.7 Å². The molecule has 4 atom stereocenters. The van der Waals surface area contributed by atoms with Crippen LogP contribution < -0.4 is 9.47 Å². The SMILES string of the molecule is COc1ccc(F)c(-c2ccc(COc3cc(F)c4c(c3F)C3(CC4)C(C(=O)O)[C@@H]3C)cc2C2CCCC2(C)C)c1. The molecule has 41 heavy (non-hydrogen) atoms. The molecule has 1 spiro atoms. The molecule has 0 saturated heterocycles. The molecule has 0 heterocycles. The summed E-state index contributed by atoms with van der Waals surface area (Å²) in [5.41, 5.74) is 2.56. The molecule has 3 unspecified atom stereocenters. The molecule has 0 aliphatic heterocycles. The Morgan fingerprint density at radius 3 is 2.46 bits per heavy atom. The molecule has 2 fully saturated rings. The monoisotopic (exact) mass is 564 g/mol. The molecular weight excluding hydrogens is 529 g/mol. The van der Waals surface area contributed by atoms with Crippen LogP contribution in [0.2, 0.25) is 0 Å². The van der Waals surface area contributed by atoms with Crippen molar-refractivity contribution in [2.45, 2.75) is 70.8 Å². The van der Waals surface area contributed by atoms with Crippen LogP contribution in [0.1, 0.15) is 74.6 Å². The van der Waals surface area contributed by atoms with Crippen LogP contribution in [-0.4, -0.2) is 18.2 Å². The van der Waals surface area contributed by atoms with Crippen LogP contribution in [0.3, 0.4) is 0 Å². The molecule has 216 valence electrons. The topological polar surface area (TPSA) is 55.8 Å². The smallest absolute Gasteiger partial charge is 0.307 e. The summed E-state index contributed by atoms with van der Waals surface area (Å²) in [4.78, 5) is 11.8. The highest BCUT2D eigenvalue weighted by Gasteiger charge is 2.70. The summed E-state index contributed by atoms with van der Waals surface area (Å²) in [7, 11) is 1.55. The summed E-state index contributed by atoms with van der Waals surface area (Å²) in [5, 5.41) is 9.68. The van der Waals surface area contributed by atoms with E-state index >= 15 is 13.2 Å². The van der Waals surface area contributed by atoms with Gasteiger partial charge in [-0.1, -0.05) is 45.4 Å². The number of carboxylic acid groups (broad SMARTS) is 1. The molecule has 2 saturated carbocycles. The van der Waals surface area contributed by atoms with Gasteiger partial charge in [0.1, 0.15) is 24.0 Å². The van der Waals surface area contributed by atoms with Crippen LogP contribution in [0.15, 0.2) is 42.5 Å². The number of aliphatic carboxylic acids is 1. The largest absolute Gasteiger partial charge is 0.497 e. The Hall–Kier alpha value is -3.48. The fraction of sp³-hybridized carbons (Fsp3) is 0.441. The van der Waals surface area contributed by atoms with Crippen molar-refractivity contribution in [3.63, 3.8) is 0 Å². The summed E-state index contributed by atoms with van der Waals surface area (Å²) >= 11 is 0. The van der Waals surface area contributed by atoms with E-state index in [0.717, 1.165) is 42.0 Å². The summed E-state index contributed by atoms with van der Waals surface area (Å²) in [6.45, 7) is 6.22. The second kappa shape index (κ2) is 9.81. The Balaban J connectivity index is 1.35. The van der Waals surface area contributed by atoms with Gasteiger partial charge >= 0.3 is 5.97 Å². The van der Waals surface area contributed by atoms with Crippen molar-refractivity contribution in [3.05, 3.63) is 82.2 Å². The number of halogens is 3. The van der Waals surface area contributed by atoms with E-state index in [1.54, 1.807) is 26.2 Å². The van der Waals surface area contributed by atoms with Gasteiger partial charge in [0.15, 0.2) is 11.6 Å². The molecule has 0 amide bonds. The fourth-order valence-corrected chi connectivity index (χ4v) is 7.90. The van der Waals surface area contributed by atoms with Gasteiger partial charge in [0.25, 0.3) is 0 Å². The zero-order valence-corrected chi connectivity index (χ0v) is 23.8. The molecule has 3 aromatic rings. The van der Waals surface area contributed by atoms with Crippen LogP contribution in [-0.2, 0) is 23.2 Å². The van der Waals surface area contributed by atoms with E-state index < -0.39 is 28.9 Å². The minimum absolute atomic E-state index is 0.00868. The van der Waals surface area contributed by atoms with E-state index in [1.165, 1.54) is 6.07 Å². The number of fused-ring (bicyclic) bond motifs is 2. The minimum atomic E-state index is -0.980. The molecule has 0 aromatic heterocycles. The average Bonchev–Trinajstić information content (AvgIpc) is 3.18. The first kappa shape index (κ1) is 27.7. The molecular formula is C34H35F3O4. The summed E-state index contributed by atoms with van der Waals surface area (Å²) in [6, 6.07) is 11.5. The second-order valence-electron chi connectivity index (χ2n) is 12.7. The van der Waals surface area contributed by atoms with Gasteiger partial charge in [-0.25, -0.2) is 13.2 Å². The minimum Gasteiger partial charge on any atom is -0.497 e. The molecule has 6 rings (SSSR count). The lowest BCUT2D eigenvalue weighted by molar-refractivity contribution is -0.139. The standard InChI is InChI=1S/C34H35F3O4/c1-18-29(32(38)39)34(18)13-11-22-27(36)16-28(31(37)30(22)34)41-17-19-7-9-21(24-15-20(40-4)8-10-26(24)35)23(14-19)25-6-5-12-33(25,2)3/h7-10,14-16,18,25,29H,5-6,11-13,17H2,1-4H3,(H,38,39)/t18-,25?,29?,34?/m0/s1. The molecule has 7 heteroatoms. The van der Waals surface area contributed by atoms with Gasteiger partial charge in [-0.2, -0.15) is 0 Å². The zero-order chi connectivity index (χ0) is 29.3. The highest BCUT2D eigenvalue weighted by molar-refractivity contribution is 5.79. The van der Waals surface area contributed by atoms with E-state index in [1.807, 2.05) is 18.2 Å². The molecule has 1 N–H and O–H groups in total. The van der Waals surface area contributed by atoms with Crippen LogP contribution in [0.4, 0.5) is 13.2 Å². The van der Waals surface area contributed by atoms with Gasteiger partial charge in [-0.05, 0) is 83.4 Å². The third-order valence-corrected chi connectivity index (χ3v) is 10.2. The predicted molar refractivity (Wildman–Crippen MR) is 150 cm³/mol. The van der Waals surface area contributed by atoms with E-state index in [0.29, 0.717) is 24.2 Å². The molecule has 4 nitrogen and oxygen atoms in total. The predicted octanol–water partition coefficient (Wildman–Crippen LogP) is 8.19. The van der Waals surface area contributed by atoms with Crippen molar-refractivity contribution in [2.75, 3.05) is 7.11 Å². The molecule has 3 aliphatic rings. The lowest BCUT2D eigenvalue weighted by atomic mass is 9.75. The van der Waals surface area contributed by atoms with Crippen molar-refractivity contribution >= 4 is 5.97 Å². The number of benzene rings is 3. The Labute approximate surface area is 238 Å². The number of rotatable bonds is 7. The highest BCUT2D eigenvalue weighted by Crippen LogP contribution is 2.67. The van der Waals surface area contributed by atoms with Crippen molar-refractivity contribution in [3.8, 4) is 22.6 Å². The first-order valence-corrected chi connectivity index (χ1v) is 14.3. The van der Waals surface area contributed by atoms with Crippen LogP contribution in [0.5, 0.6) is 11.5 Å². The number of methoxy groups -OCH3 is 1. The van der Waals surface area contributed by atoms with E-state index in [4.69, 9.17) is 9.47 Å². The zero-order valence-electron chi connectivity index (χ0n) is 23.8. The number of hydrogen-bond acceptors (Lipinski definition) is 3. The van der Waals surface area contributed by atoms with E-state index in [2.05, 4.69) is 13.8 Å². The molecule has 3 aliphatic carbocycles. The Bertz CT molecular complexity index is 1550. The maximum absolute atomic E-state index is 15.9. The van der Waals surface area contributed by atoms with Crippen molar-refractivity contribution in [1.29, 1.82) is 0 Å². The van der Waals surface area contributed by atoms with Crippen molar-refractivity contribution < 1.29 is 32.5 Å². The number of ether oxygens (including phenoxy) is 2. The maximum Gasteiger partial charge on any atom is 0.307 e. The Morgan fingerprint density at radius 1 is 1.02 bits per heavy atom. The highest BCUT2D eigenvalue weighted by atomic mass is 19.1. The number of carbonyl (C=O) groups is 1. The molecule has 0 bridgehead atoms. The maximum atomic E-state index is 15.9. The van der Waals surface area contributed by atoms with Gasteiger partial charge in [0.2, 0.25) is 0 Å². The first-order valence-electron chi connectivity index (χ1n) is 14.3. The van der Waals surface area contributed by atoms with Gasteiger partial charge in [0, 0.05) is 22.6 Å². The van der Waals surface area contributed by atoms with E-state index in [-0.39, 0.29) is 46.6 Å². The Morgan fingerprint density at radius 2 is 1.80 bits per heavy atom. The molecule has 3 aromatic carbocycles. The summed E-state index contributed by atoms with van der Waals surface area (Å²) in [6.07, 6.45) is 3.81. The van der Waals surface area contributed by atoms with Gasteiger partial charge < -0.3 is 14.6 Å². The Kier molecular flexibility index (Phi) is 6.63. The normalized spacial score (nSPS) is 25.8.